The lowest BCUT2D eigenvalue weighted by Crippen LogP contribution is -2.27. The van der Waals surface area contributed by atoms with E-state index < -0.39 is 6.10 Å². The van der Waals surface area contributed by atoms with Gasteiger partial charge in [0.25, 0.3) is 0 Å². The van der Waals surface area contributed by atoms with Crippen LogP contribution >= 0.6 is 0 Å². The zero-order valence-corrected chi connectivity index (χ0v) is 40.1. The highest BCUT2D eigenvalue weighted by molar-refractivity contribution is 5.69. The summed E-state index contributed by atoms with van der Waals surface area (Å²) in [4.78, 5) is 12.3. The van der Waals surface area contributed by atoms with Crippen LogP contribution in [0.25, 0.3) is 0 Å². The predicted molar refractivity (Wildman–Crippen MR) is 269 cm³/mol. The van der Waals surface area contributed by atoms with Gasteiger partial charge in [-0.15, -0.1) is 0 Å². The van der Waals surface area contributed by atoms with Crippen molar-refractivity contribution in [2.45, 2.75) is 238 Å². The Morgan fingerprint density at radius 1 is 0.410 bits per heavy atom. The molecule has 0 aliphatic heterocycles. The summed E-state index contributed by atoms with van der Waals surface area (Å²) < 4.78 is 11.2. The van der Waals surface area contributed by atoms with Crippen LogP contribution in [0, 0.1) is 0 Å². The van der Waals surface area contributed by atoms with Gasteiger partial charge in [-0.05, 0) is 96.3 Å². The van der Waals surface area contributed by atoms with Gasteiger partial charge in [0.15, 0.2) is 0 Å². The van der Waals surface area contributed by atoms with Crippen LogP contribution in [0.15, 0.2) is 97.2 Å². The van der Waals surface area contributed by atoms with Crippen molar-refractivity contribution in [3.8, 4) is 0 Å². The quantitative estimate of drug-likeness (QED) is 0.0377. The molecular formula is C57H98O4. The Labute approximate surface area is 379 Å². The number of allylic oxidation sites excluding steroid dienone is 16. The first-order valence-corrected chi connectivity index (χ1v) is 25.8. The summed E-state index contributed by atoms with van der Waals surface area (Å²) in [5.41, 5.74) is 0. The summed E-state index contributed by atoms with van der Waals surface area (Å²) in [5, 5.41) is 9.66. The van der Waals surface area contributed by atoms with Gasteiger partial charge < -0.3 is 14.6 Å². The number of aliphatic hydroxyl groups excluding tert-OH is 1. The number of rotatable bonds is 47. The van der Waals surface area contributed by atoms with Crippen molar-refractivity contribution in [3.05, 3.63) is 97.2 Å². The van der Waals surface area contributed by atoms with Crippen LogP contribution in [0.3, 0.4) is 0 Å². The van der Waals surface area contributed by atoms with Gasteiger partial charge in [-0.1, -0.05) is 227 Å². The van der Waals surface area contributed by atoms with E-state index in [1.165, 1.54) is 135 Å². The maximum Gasteiger partial charge on any atom is 0.306 e. The Morgan fingerprint density at radius 2 is 0.738 bits per heavy atom. The lowest BCUT2D eigenvalue weighted by atomic mass is 10.1. The molecule has 4 nitrogen and oxygen atoms in total. The third kappa shape index (κ3) is 51.6. The molecular weight excluding hydrogens is 749 g/mol. The van der Waals surface area contributed by atoms with E-state index in [0.29, 0.717) is 13.0 Å². The molecule has 0 fully saturated rings. The Hall–Kier alpha value is -2.69. The SMILES string of the molecule is CC/C=C\C/C=C\C/C=C\C/C=C\C/C=C\CCCCCCCCCC(=O)OC(CO)COCCCCCCCCCCCCC/C=C\C/C=C\C/C=C\CCCCCCC. The van der Waals surface area contributed by atoms with Crippen LogP contribution in [-0.2, 0) is 14.3 Å². The summed E-state index contributed by atoms with van der Waals surface area (Å²) in [6.07, 6.45) is 76.4. The first kappa shape index (κ1) is 58.3. The highest BCUT2D eigenvalue weighted by Gasteiger charge is 2.13. The van der Waals surface area contributed by atoms with Crippen LogP contribution in [0.1, 0.15) is 232 Å². The van der Waals surface area contributed by atoms with Gasteiger partial charge in [0, 0.05) is 13.0 Å². The number of hydrogen-bond acceptors (Lipinski definition) is 4. The molecule has 0 saturated carbocycles. The van der Waals surface area contributed by atoms with Crippen LogP contribution in [0.4, 0.5) is 0 Å². The third-order valence-electron chi connectivity index (χ3n) is 10.9. The molecule has 1 atom stereocenters. The molecule has 0 saturated heterocycles. The average Bonchev–Trinajstić information content (AvgIpc) is 3.27. The summed E-state index contributed by atoms with van der Waals surface area (Å²) in [6.45, 7) is 5.21. The van der Waals surface area contributed by atoms with Crippen LogP contribution in [0.5, 0.6) is 0 Å². The van der Waals surface area contributed by atoms with Crippen molar-refractivity contribution in [2.75, 3.05) is 19.8 Å². The van der Waals surface area contributed by atoms with E-state index >= 15 is 0 Å². The van der Waals surface area contributed by atoms with Gasteiger partial charge in [-0.2, -0.15) is 0 Å². The van der Waals surface area contributed by atoms with E-state index in [2.05, 4.69) is 111 Å². The zero-order valence-electron chi connectivity index (χ0n) is 40.1. The molecule has 4 heteroatoms. The minimum absolute atomic E-state index is 0.182. The summed E-state index contributed by atoms with van der Waals surface area (Å²) >= 11 is 0. The maximum absolute atomic E-state index is 12.3. The molecule has 1 N–H and O–H groups in total. The molecule has 350 valence electrons. The lowest BCUT2D eigenvalue weighted by Gasteiger charge is -2.16. The van der Waals surface area contributed by atoms with Gasteiger partial charge in [0.05, 0.1) is 13.2 Å². The lowest BCUT2D eigenvalue weighted by molar-refractivity contribution is -0.154. The fourth-order valence-corrected chi connectivity index (χ4v) is 7.07. The topological polar surface area (TPSA) is 55.8 Å². The number of carbonyl (C=O) groups is 1. The highest BCUT2D eigenvalue weighted by Crippen LogP contribution is 2.14. The van der Waals surface area contributed by atoms with Gasteiger partial charge in [0.2, 0.25) is 0 Å². The smallest absolute Gasteiger partial charge is 0.306 e. The van der Waals surface area contributed by atoms with E-state index in [0.717, 1.165) is 77.0 Å². The largest absolute Gasteiger partial charge is 0.457 e. The first-order chi connectivity index (χ1) is 30.2. The standard InChI is InChI=1S/C57H98O4/c1-3-5-7-9-11-13-15-17-19-21-23-25-27-28-29-31-33-35-37-39-41-43-45-47-49-51-53-60-55-56(54-58)61-57(59)52-50-48-46-44-42-40-38-36-34-32-30-26-24-22-20-18-16-14-12-10-8-6-4-2/h6,8,12,14-15,17-18,20-21,23-24,26-28,32,34,56,58H,3-5,7,9-11,13,16,19,22,25,29-31,33,35-55H2,1-2H3/b8-6-,14-12-,17-15-,20-18-,23-21-,26-24-,28-27-,34-32-. The predicted octanol–water partition coefficient (Wildman–Crippen LogP) is 17.7. The molecule has 61 heavy (non-hydrogen) atoms. The monoisotopic (exact) mass is 847 g/mol. The second-order valence-electron chi connectivity index (χ2n) is 16.9. The maximum atomic E-state index is 12.3. The van der Waals surface area contributed by atoms with E-state index in [1.54, 1.807) is 0 Å². The summed E-state index contributed by atoms with van der Waals surface area (Å²) in [7, 11) is 0. The minimum atomic E-state index is -0.550. The summed E-state index contributed by atoms with van der Waals surface area (Å²) in [5.74, 6) is -0.215. The molecule has 1 unspecified atom stereocenters. The molecule has 0 radical (unpaired) electrons. The van der Waals surface area contributed by atoms with Crippen molar-refractivity contribution < 1.29 is 19.4 Å². The van der Waals surface area contributed by atoms with Crippen LogP contribution < -0.4 is 0 Å². The van der Waals surface area contributed by atoms with Crippen LogP contribution in [0.2, 0.25) is 0 Å². The molecule has 0 bridgehead atoms. The summed E-state index contributed by atoms with van der Waals surface area (Å²) in [6, 6.07) is 0. The van der Waals surface area contributed by atoms with Crippen molar-refractivity contribution in [2.24, 2.45) is 0 Å². The van der Waals surface area contributed by atoms with Gasteiger partial charge >= 0.3 is 5.97 Å². The molecule has 0 aromatic heterocycles. The molecule has 0 spiro atoms. The van der Waals surface area contributed by atoms with Crippen molar-refractivity contribution in [1.82, 2.24) is 0 Å². The molecule has 0 aromatic carbocycles. The second kappa shape index (κ2) is 53.4. The highest BCUT2D eigenvalue weighted by atomic mass is 16.6. The Morgan fingerprint density at radius 3 is 1.11 bits per heavy atom. The average molecular weight is 847 g/mol. The van der Waals surface area contributed by atoms with Gasteiger partial charge in [0.1, 0.15) is 6.10 Å². The number of ether oxygens (including phenoxy) is 2. The zero-order chi connectivity index (χ0) is 44.0. The van der Waals surface area contributed by atoms with Crippen molar-refractivity contribution >= 4 is 5.97 Å². The number of hydrogen-bond donors (Lipinski definition) is 1. The van der Waals surface area contributed by atoms with Gasteiger partial charge in [-0.25, -0.2) is 0 Å². The van der Waals surface area contributed by atoms with E-state index in [4.69, 9.17) is 9.47 Å². The Bertz CT molecular complexity index is 1120. The molecule has 0 aliphatic rings. The molecule has 0 aromatic rings. The van der Waals surface area contributed by atoms with Crippen LogP contribution in [-0.4, -0.2) is 37.0 Å². The van der Waals surface area contributed by atoms with E-state index in [-0.39, 0.29) is 19.2 Å². The van der Waals surface area contributed by atoms with E-state index in [9.17, 15) is 9.90 Å². The number of unbranched alkanes of at least 4 members (excludes halogenated alkanes) is 23. The Kier molecular flexibility index (Phi) is 51.1. The Balaban J connectivity index is 3.48. The van der Waals surface area contributed by atoms with E-state index in [1.807, 2.05) is 0 Å². The molecule has 0 heterocycles. The first-order valence-electron chi connectivity index (χ1n) is 25.8. The second-order valence-corrected chi connectivity index (χ2v) is 16.9. The number of aliphatic hydroxyl groups is 1. The molecule has 0 rings (SSSR count). The number of carbonyl (C=O) groups excluding carboxylic acids is 1. The normalized spacial score (nSPS) is 13.2. The minimum Gasteiger partial charge on any atom is -0.457 e. The number of esters is 1. The molecule has 0 amide bonds. The fraction of sp³-hybridized carbons (Fsp3) is 0.702. The fourth-order valence-electron chi connectivity index (χ4n) is 7.07. The van der Waals surface area contributed by atoms with Crippen molar-refractivity contribution in [1.29, 1.82) is 0 Å². The van der Waals surface area contributed by atoms with Crippen molar-refractivity contribution in [3.63, 3.8) is 0 Å². The molecule has 0 aliphatic carbocycles. The van der Waals surface area contributed by atoms with Gasteiger partial charge in [-0.3, -0.25) is 4.79 Å². The third-order valence-corrected chi connectivity index (χ3v) is 10.9.